The Morgan fingerprint density at radius 3 is 2.56 bits per heavy atom. The van der Waals surface area contributed by atoms with Crippen LogP contribution in [0.3, 0.4) is 0 Å². The van der Waals surface area contributed by atoms with Crippen LogP contribution in [-0.4, -0.2) is 60.1 Å². The Bertz CT molecular complexity index is 1090. The van der Waals surface area contributed by atoms with Crippen LogP contribution in [0.1, 0.15) is 16.1 Å². The molecule has 9 heteroatoms. The van der Waals surface area contributed by atoms with Crippen molar-refractivity contribution in [3.8, 4) is 5.88 Å². The topological polar surface area (TPSA) is 101 Å². The molecule has 0 radical (unpaired) electrons. The van der Waals surface area contributed by atoms with Gasteiger partial charge in [0.15, 0.2) is 5.78 Å². The summed E-state index contributed by atoms with van der Waals surface area (Å²) in [6, 6.07) is 13.7. The first-order valence-corrected chi connectivity index (χ1v) is 10.2. The number of pyridine rings is 1. The fourth-order valence-electron chi connectivity index (χ4n) is 3.21. The Balaban J connectivity index is 1.34. The number of anilines is 2. The second kappa shape index (κ2) is 9.88. The van der Waals surface area contributed by atoms with Gasteiger partial charge in [-0.05, 0) is 60.8 Å². The Morgan fingerprint density at radius 2 is 1.84 bits per heavy atom. The lowest BCUT2D eigenvalue weighted by Gasteiger charge is -2.33. The molecule has 0 spiro atoms. The zero-order valence-electron chi connectivity index (χ0n) is 17.6. The maximum absolute atomic E-state index is 12.5. The van der Waals surface area contributed by atoms with Crippen LogP contribution in [0.5, 0.6) is 5.88 Å². The molecule has 1 amide bonds. The SMILES string of the molecule is CN1CCN(c2cccc(C=CC(=O)c3ccc(NC(=O)Oc4ccon4)cc3)n2)CC1. The highest BCUT2D eigenvalue weighted by atomic mass is 16.6. The summed E-state index contributed by atoms with van der Waals surface area (Å²) in [5, 5.41) is 6.05. The van der Waals surface area contributed by atoms with Crippen molar-refractivity contribution in [3.05, 3.63) is 72.1 Å². The summed E-state index contributed by atoms with van der Waals surface area (Å²) in [6.07, 6.45) is 3.80. The minimum atomic E-state index is -0.704. The van der Waals surface area contributed by atoms with Gasteiger partial charge in [-0.2, -0.15) is 0 Å². The first kappa shape index (κ1) is 21.3. The first-order chi connectivity index (χ1) is 15.6. The minimum absolute atomic E-state index is 0.0599. The number of aromatic nitrogens is 2. The lowest BCUT2D eigenvalue weighted by Crippen LogP contribution is -2.44. The number of carbonyl (C=O) groups excluding carboxylic acids is 2. The molecule has 164 valence electrons. The second-order valence-electron chi connectivity index (χ2n) is 7.34. The van der Waals surface area contributed by atoms with Crippen LogP contribution in [0.4, 0.5) is 16.3 Å². The van der Waals surface area contributed by atoms with Crippen molar-refractivity contribution < 1.29 is 18.8 Å². The molecular formula is C23H23N5O4. The molecule has 4 rings (SSSR count). The summed E-state index contributed by atoms with van der Waals surface area (Å²) in [7, 11) is 2.11. The van der Waals surface area contributed by atoms with Gasteiger partial charge in [0.25, 0.3) is 5.88 Å². The molecule has 1 aliphatic heterocycles. The van der Waals surface area contributed by atoms with Crippen molar-refractivity contribution >= 4 is 29.5 Å². The molecule has 0 atom stereocenters. The van der Waals surface area contributed by atoms with Gasteiger partial charge in [-0.15, -0.1) is 0 Å². The Labute approximate surface area is 185 Å². The molecule has 1 fully saturated rings. The predicted molar refractivity (Wildman–Crippen MR) is 120 cm³/mol. The number of amides is 1. The van der Waals surface area contributed by atoms with E-state index < -0.39 is 6.09 Å². The van der Waals surface area contributed by atoms with Gasteiger partial charge in [-0.1, -0.05) is 6.07 Å². The third kappa shape index (κ3) is 5.58. The highest BCUT2D eigenvalue weighted by Gasteiger charge is 2.15. The van der Waals surface area contributed by atoms with E-state index in [-0.39, 0.29) is 11.7 Å². The third-order valence-electron chi connectivity index (χ3n) is 5.02. The molecule has 2 aromatic heterocycles. The van der Waals surface area contributed by atoms with Crippen LogP contribution >= 0.6 is 0 Å². The normalized spacial score (nSPS) is 14.5. The van der Waals surface area contributed by atoms with Crippen LogP contribution in [0.2, 0.25) is 0 Å². The van der Waals surface area contributed by atoms with Gasteiger partial charge in [-0.25, -0.2) is 9.78 Å². The molecule has 3 heterocycles. The smallest absolute Gasteiger partial charge is 0.388 e. The van der Waals surface area contributed by atoms with E-state index in [9.17, 15) is 9.59 Å². The Morgan fingerprint density at radius 1 is 1.06 bits per heavy atom. The van der Waals surface area contributed by atoms with E-state index in [4.69, 9.17) is 4.74 Å². The number of rotatable bonds is 6. The Kier molecular flexibility index (Phi) is 6.57. The largest absolute Gasteiger partial charge is 0.418 e. The summed E-state index contributed by atoms with van der Waals surface area (Å²) in [5.74, 6) is 0.818. The Hall–Kier alpha value is -3.98. The summed E-state index contributed by atoms with van der Waals surface area (Å²) >= 11 is 0. The number of hydrogen-bond acceptors (Lipinski definition) is 8. The van der Waals surface area contributed by atoms with Crippen molar-refractivity contribution in [1.29, 1.82) is 0 Å². The summed E-state index contributed by atoms with van der Waals surface area (Å²) < 4.78 is 9.53. The molecule has 9 nitrogen and oxygen atoms in total. The predicted octanol–water partition coefficient (Wildman–Crippen LogP) is 3.33. The van der Waals surface area contributed by atoms with Gasteiger partial charge in [0.05, 0.1) is 5.69 Å². The van der Waals surface area contributed by atoms with E-state index in [0.717, 1.165) is 37.7 Å². The van der Waals surface area contributed by atoms with Crippen LogP contribution < -0.4 is 15.0 Å². The van der Waals surface area contributed by atoms with Crippen molar-refractivity contribution in [3.63, 3.8) is 0 Å². The zero-order chi connectivity index (χ0) is 22.3. The third-order valence-corrected chi connectivity index (χ3v) is 5.02. The molecule has 1 saturated heterocycles. The van der Waals surface area contributed by atoms with Crippen LogP contribution in [0, 0.1) is 0 Å². The molecule has 1 N–H and O–H groups in total. The van der Waals surface area contributed by atoms with Crippen LogP contribution in [0.15, 0.2) is 65.4 Å². The van der Waals surface area contributed by atoms with Gasteiger partial charge in [0, 0.05) is 43.5 Å². The number of benzene rings is 1. The molecule has 0 aliphatic carbocycles. The molecule has 0 unspecified atom stereocenters. The molecule has 0 saturated carbocycles. The fraction of sp³-hybridized carbons (Fsp3) is 0.217. The molecule has 32 heavy (non-hydrogen) atoms. The van der Waals surface area contributed by atoms with Gasteiger partial charge >= 0.3 is 6.09 Å². The highest BCUT2D eigenvalue weighted by Crippen LogP contribution is 2.16. The molecule has 1 aliphatic rings. The summed E-state index contributed by atoms with van der Waals surface area (Å²) in [5.41, 5.74) is 1.70. The van der Waals surface area contributed by atoms with E-state index in [1.807, 2.05) is 18.2 Å². The van der Waals surface area contributed by atoms with E-state index in [1.165, 1.54) is 18.4 Å². The number of carbonyl (C=O) groups is 2. The quantitative estimate of drug-likeness (QED) is 0.467. The number of hydrogen-bond donors (Lipinski definition) is 1. The molecule has 1 aromatic carbocycles. The van der Waals surface area contributed by atoms with Gasteiger partial charge in [0.1, 0.15) is 12.1 Å². The van der Waals surface area contributed by atoms with E-state index in [1.54, 1.807) is 30.3 Å². The number of piperazine rings is 1. The second-order valence-corrected chi connectivity index (χ2v) is 7.34. The fourth-order valence-corrected chi connectivity index (χ4v) is 3.21. The standard InChI is InChI=1S/C23H23N5O4/c1-27-12-14-28(15-13-27)21-4-2-3-18(24-21)9-10-20(29)17-5-7-19(8-6-17)25-23(30)32-22-11-16-31-26-22/h2-11,16H,12-15H2,1H3,(H,25,30). The maximum Gasteiger partial charge on any atom is 0.418 e. The number of nitrogens with one attached hydrogen (secondary N) is 1. The van der Waals surface area contributed by atoms with Gasteiger partial charge in [-0.3, -0.25) is 10.1 Å². The molecule has 3 aromatic rings. The number of allylic oxidation sites excluding steroid dienone is 1. The van der Waals surface area contributed by atoms with Gasteiger partial charge < -0.3 is 19.1 Å². The minimum Gasteiger partial charge on any atom is -0.388 e. The number of ketones is 1. The molecular weight excluding hydrogens is 410 g/mol. The number of ether oxygens (including phenoxy) is 1. The zero-order valence-corrected chi connectivity index (χ0v) is 17.6. The number of nitrogens with zero attached hydrogens (tertiary/aromatic N) is 4. The van der Waals surface area contributed by atoms with Crippen molar-refractivity contribution in [1.82, 2.24) is 15.0 Å². The average molecular weight is 433 g/mol. The van der Waals surface area contributed by atoms with Gasteiger partial charge in [0.2, 0.25) is 0 Å². The lowest BCUT2D eigenvalue weighted by molar-refractivity contribution is 0.104. The maximum atomic E-state index is 12.5. The molecule has 0 bridgehead atoms. The summed E-state index contributed by atoms with van der Waals surface area (Å²) in [4.78, 5) is 33.5. The monoisotopic (exact) mass is 433 g/mol. The van der Waals surface area contributed by atoms with Crippen molar-refractivity contribution in [2.75, 3.05) is 43.4 Å². The van der Waals surface area contributed by atoms with Crippen molar-refractivity contribution in [2.24, 2.45) is 0 Å². The van der Waals surface area contributed by atoms with Crippen LogP contribution in [0.25, 0.3) is 6.08 Å². The summed E-state index contributed by atoms with van der Waals surface area (Å²) in [6.45, 7) is 3.87. The highest BCUT2D eigenvalue weighted by molar-refractivity contribution is 6.07. The van der Waals surface area contributed by atoms with E-state index in [0.29, 0.717) is 11.3 Å². The number of likely N-dealkylation sites (N-methyl/N-ethyl adjacent to an activating group) is 1. The average Bonchev–Trinajstić information content (AvgIpc) is 3.31. The van der Waals surface area contributed by atoms with E-state index in [2.05, 4.69) is 36.8 Å². The van der Waals surface area contributed by atoms with E-state index >= 15 is 0 Å². The van der Waals surface area contributed by atoms with Crippen LogP contribution in [-0.2, 0) is 0 Å². The first-order valence-electron chi connectivity index (χ1n) is 10.2. The van der Waals surface area contributed by atoms with Crippen molar-refractivity contribution in [2.45, 2.75) is 0 Å². The lowest BCUT2D eigenvalue weighted by atomic mass is 10.1.